The Morgan fingerprint density at radius 2 is 1.84 bits per heavy atom. The number of pyridine rings is 1. The van der Waals surface area contributed by atoms with Gasteiger partial charge in [-0.2, -0.15) is 0 Å². The van der Waals surface area contributed by atoms with Crippen molar-refractivity contribution in [3.63, 3.8) is 0 Å². The molecule has 0 spiro atoms. The zero-order valence-electron chi connectivity index (χ0n) is 11.7. The van der Waals surface area contributed by atoms with Gasteiger partial charge in [0.15, 0.2) is 0 Å². The van der Waals surface area contributed by atoms with E-state index in [9.17, 15) is 0 Å². The molecule has 0 N–H and O–H groups in total. The number of halogens is 1. The van der Waals surface area contributed by atoms with Crippen LogP contribution < -0.4 is 4.74 Å². The van der Waals surface area contributed by atoms with Gasteiger partial charge in [-0.05, 0) is 70.6 Å². The van der Waals surface area contributed by atoms with Crippen molar-refractivity contribution in [1.29, 1.82) is 0 Å². The standard InChI is InChI=1S/C16H18BrNO/c1-10(2)14-6-5-13(9-12(14)4)19-16-15(17)11(3)7-8-18-16/h5-10H,1-4H3. The van der Waals surface area contributed by atoms with Crippen molar-refractivity contribution in [1.82, 2.24) is 4.98 Å². The molecule has 2 aromatic rings. The van der Waals surface area contributed by atoms with Crippen LogP contribution in [0.2, 0.25) is 0 Å². The van der Waals surface area contributed by atoms with Crippen molar-refractivity contribution < 1.29 is 4.74 Å². The number of ether oxygens (including phenoxy) is 1. The highest BCUT2D eigenvalue weighted by Gasteiger charge is 2.09. The van der Waals surface area contributed by atoms with E-state index in [1.54, 1.807) is 6.20 Å². The summed E-state index contributed by atoms with van der Waals surface area (Å²) in [4.78, 5) is 4.25. The quantitative estimate of drug-likeness (QED) is 0.758. The Bertz CT molecular complexity index is 593. The second-order valence-corrected chi connectivity index (χ2v) is 5.82. The molecule has 0 aliphatic heterocycles. The summed E-state index contributed by atoms with van der Waals surface area (Å²) >= 11 is 3.51. The Balaban J connectivity index is 2.29. The number of hydrogen-bond donors (Lipinski definition) is 0. The molecule has 0 saturated carbocycles. The Hall–Kier alpha value is -1.35. The Kier molecular flexibility index (Phi) is 4.25. The molecule has 3 heteroatoms. The molecule has 1 aromatic carbocycles. The monoisotopic (exact) mass is 319 g/mol. The highest BCUT2D eigenvalue weighted by molar-refractivity contribution is 9.10. The van der Waals surface area contributed by atoms with Gasteiger partial charge in [-0.15, -0.1) is 0 Å². The lowest BCUT2D eigenvalue weighted by Crippen LogP contribution is -1.95. The maximum atomic E-state index is 5.85. The molecule has 0 amide bonds. The highest BCUT2D eigenvalue weighted by atomic mass is 79.9. The summed E-state index contributed by atoms with van der Waals surface area (Å²) in [5.74, 6) is 1.95. The van der Waals surface area contributed by atoms with E-state index in [2.05, 4.69) is 53.8 Å². The lowest BCUT2D eigenvalue weighted by molar-refractivity contribution is 0.458. The van der Waals surface area contributed by atoms with Crippen LogP contribution in [0.25, 0.3) is 0 Å². The molecule has 19 heavy (non-hydrogen) atoms. The number of aryl methyl sites for hydroxylation is 2. The van der Waals surface area contributed by atoms with E-state index in [4.69, 9.17) is 4.74 Å². The number of aromatic nitrogens is 1. The van der Waals surface area contributed by atoms with Gasteiger partial charge in [0.1, 0.15) is 5.75 Å². The minimum atomic E-state index is 0.526. The van der Waals surface area contributed by atoms with E-state index in [-0.39, 0.29) is 0 Å². The molecule has 1 heterocycles. The van der Waals surface area contributed by atoms with Crippen molar-refractivity contribution in [2.45, 2.75) is 33.6 Å². The normalized spacial score (nSPS) is 10.8. The zero-order chi connectivity index (χ0) is 14.0. The van der Waals surface area contributed by atoms with E-state index < -0.39 is 0 Å². The van der Waals surface area contributed by atoms with Gasteiger partial charge < -0.3 is 4.74 Å². The van der Waals surface area contributed by atoms with Crippen LogP contribution in [0.15, 0.2) is 34.9 Å². The van der Waals surface area contributed by atoms with Crippen molar-refractivity contribution in [3.8, 4) is 11.6 Å². The second-order valence-electron chi connectivity index (χ2n) is 5.02. The van der Waals surface area contributed by atoms with Crippen LogP contribution in [0, 0.1) is 13.8 Å². The summed E-state index contributed by atoms with van der Waals surface area (Å²) in [6, 6.07) is 8.13. The average Bonchev–Trinajstić information content (AvgIpc) is 2.34. The van der Waals surface area contributed by atoms with Crippen molar-refractivity contribution in [3.05, 3.63) is 51.6 Å². The van der Waals surface area contributed by atoms with Crippen LogP contribution in [0.1, 0.15) is 36.5 Å². The number of rotatable bonds is 3. The Morgan fingerprint density at radius 1 is 1.11 bits per heavy atom. The molecule has 1 aromatic heterocycles. The van der Waals surface area contributed by atoms with Crippen molar-refractivity contribution >= 4 is 15.9 Å². The Labute approximate surface area is 123 Å². The molecule has 0 bridgehead atoms. The van der Waals surface area contributed by atoms with Gasteiger partial charge in [-0.1, -0.05) is 19.9 Å². The first-order valence-corrected chi connectivity index (χ1v) is 7.18. The fourth-order valence-corrected chi connectivity index (χ4v) is 2.37. The summed E-state index contributed by atoms with van der Waals surface area (Å²) in [5.41, 5.74) is 3.71. The van der Waals surface area contributed by atoms with Gasteiger partial charge in [0, 0.05) is 6.20 Å². The van der Waals surface area contributed by atoms with E-state index >= 15 is 0 Å². The van der Waals surface area contributed by atoms with Crippen LogP contribution >= 0.6 is 15.9 Å². The van der Waals surface area contributed by atoms with Crippen LogP contribution in [0.3, 0.4) is 0 Å². The first kappa shape index (κ1) is 14.1. The predicted octanol–water partition coefficient (Wildman–Crippen LogP) is 5.38. The van der Waals surface area contributed by atoms with E-state index in [0.717, 1.165) is 15.8 Å². The lowest BCUT2D eigenvalue weighted by atomic mass is 9.98. The minimum Gasteiger partial charge on any atom is -0.438 e. The predicted molar refractivity (Wildman–Crippen MR) is 82.0 cm³/mol. The van der Waals surface area contributed by atoms with Crippen LogP contribution in [-0.4, -0.2) is 4.98 Å². The average molecular weight is 320 g/mol. The van der Waals surface area contributed by atoms with E-state index in [1.165, 1.54) is 11.1 Å². The third-order valence-electron chi connectivity index (χ3n) is 3.13. The van der Waals surface area contributed by atoms with Crippen LogP contribution in [0.4, 0.5) is 0 Å². The van der Waals surface area contributed by atoms with E-state index in [0.29, 0.717) is 11.8 Å². The fraction of sp³-hybridized carbons (Fsp3) is 0.312. The SMILES string of the molecule is Cc1cc(Oc2nccc(C)c2Br)ccc1C(C)C. The molecular formula is C16H18BrNO. The molecule has 0 fully saturated rings. The second kappa shape index (κ2) is 5.74. The summed E-state index contributed by atoms with van der Waals surface area (Å²) in [6.07, 6.45) is 1.75. The molecule has 2 rings (SSSR count). The van der Waals surface area contributed by atoms with Gasteiger partial charge >= 0.3 is 0 Å². The third-order valence-corrected chi connectivity index (χ3v) is 4.09. The zero-order valence-corrected chi connectivity index (χ0v) is 13.3. The van der Waals surface area contributed by atoms with Gasteiger partial charge in [0.25, 0.3) is 0 Å². The molecule has 0 aliphatic rings. The highest BCUT2D eigenvalue weighted by Crippen LogP contribution is 2.31. The Morgan fingerprint density at radius 3 is 2.47 bits per heavy atom. The molecule has 0 saturated heterocycles. The first-order chi connectivity index (χ1) is 8.99. The molecule has 0 atom stereocenters. The number of benzene rings is 1. The summed E-state index contributed by atoms with van der Waals surface area (Å²) in [7, 11) is 0. The van der Waals surface area contributed by atoms with Gasteiger partial charge in [-0.3, -0.25) is 0 Å². The van der Waals surface area contributed by atoms with Gasteiger partial charge in [0.2, 0.25) is 5.88 Å². The lowest BCUT2D eigenvalue weighted by Gasteiger charge is -2.12. The molecule has 2 nitrogen and oxygen atoms in total. The molecule has 0 unspecified atom stereocenters. The summed E-state index contributed by atoms with van der Waals surface area (Å²) < 4.78 is 6.75. The number of nitrogens with zero attached hydrogens (tertiary/aromatic N) is 1. The molecule has 0 aliphatic carbocycles. The van der Waals surface area contributed by atoms with Gasteiger partial charge in [0.05, 0.1) is 4.47 Å². The summed E-state index contributed by atoms with van der Waals surface area (Å²) in [6.45, 7) is 8.52. The first-order valence-electron chi connectivity index (χ1n) is 6.38. The van der Waals surface area contributed by atoms with Crippen molar-refractivity contribution in [2.75, 3.05) is 0 Å². The fourth-order valence-electron chi connectivity index (χ4n) is 2.06. The molecule has 100 valence electrons. The molecule has 0 radical (unpaired) electrons. The molecular weight excluding hydrogens is 302 g/mol. The maximum Gasteiger partial charge on any atom is 0.233 e. The van der Waals surface area contributed by atoms with Crippen molar-refractivity contribution in [2.24, 2.45) is 0 Å². The third kappa shape index (κ3) is 3.16. The van der Waals surface area contributed by atoms with E-state index in [1.807, 2.05) is 19.1 Å². The number of hydrogen-bond acceptors (Lipinski definition) is 2. The van der Waals surface area contributed by atoms with Crippen LogP contribution in [-0.2, 0) is 0 Å². The van der Waals surface area contributed by atoms with Crippen LogP contribution in [0.5, 0.6) is 11.6 Å². The largest absolute Gasteiger partial charge is 0.438 e. The minimum absolute atomic E-state index is 0.526. The maximum absolute atomic E-state index is 5.85. The smallest absolute Gasteiger partial charge is 0.233 e. The summed E-state index contributed by atoms with van der Waals surface area (Å²) in [5, 5.41) is 0. The topological polar surface area (TPSA) is 22.1 Å². The van der Waals surface area contributed by atoms with Gasteiger partial charge in [-0.25, -0.2) is 4.98 Å².